The summed E-state index contributed by atoms with van der Waals surface area (Å²) >= 11 is 0. The Morgan fingerprint density at radius 1 is 1.35 bits per heavy atom. The zero-order valence-corrected chi connectivity index (χ0v) is 11.4. The van der Waals surface area contributed by atoms with E-state index in [0.717, 1.165) is 17.7 Å². The summed E-state index contributed by atoms with van der Waals surface area (Å²) in [6, 6.07) is 4.89. The van der Waals surface area contributed by atoms with Crippen LogP contribution in [-0.2, 0) is 0 Å². The molecule has 1 nitrogen and oxygen atoms in total. The molecule has 0 aliphatic carbocycles. The fourth-order valence-electron chi connectivity index (χ4n) is 1.49. The van der Waals surface area contributed by atoms with E-state index < -0.39 is 0 Å². The van der Waals surface area contributed by atoms with Gasteiger partial charge in [-0.3, -0.25) is 0 Å². The second-order valence-corrected chi connectivity index (χ2v) is 5.60. The summed E-state index contributed by atoms with van der Waals surface area (Å²) < 4.78 is 13.1. The number of hydrogen-bond donors (Lipinski definition) is 1. The van der Waals surface area contributed by atoms with Crippen molar-refractivity contribution in [2.75, 3.05) is 6.54 Å². The molecule has 0 heterocycles. The Hall–Kier alpha value is -1.15. The number of halogens is 1. The molecule has 0 aromatic heterocycles. The van der Waals surface area contributed by atoms with Crippen LogP contribution >= 0.6 is 0 Å². The van der Waals surface area contributed by atoms with Gasteiger partial charge in [0.1, 0.15) is 5.82 Å². The van der Waals surface area contributed by atoms with Crippen LogP contribution in [0.2, 0.25) is 0 Å². The molecule has 0 aliphatic heterocycles. The van der Waals surface area contributed by atoms with E-state index in [1.165, 1.54) is 11.6 Å². The first kappa shape index (κ1) is 13.9. The molecule has 0 spiro atoms. The molecule has 94 valence electrons. The van der Waals surface area contributed by atoms with Crippen molar-refractivity contribution in [1.82, 2.24) is 5.32 Å². The van der Waals surface area contributed by atoms with E-state index in [-0.39, 0.29) is 11.4 Å². The highest BCUT2D eigenvalue weighted by Crippen LogP contribution is 2.14. The Bertz CT molecular complexity index is 413. The van der Waals surface area contributed by atoms with Crippen molar-refractivity contribution in [1.29, 1.82) is 0 Å². The monoisotopic (exact) mass is 235 g/mol. The highest BCUT2D eigenvalue weighted by molar-refractivity contribution is 5.56. The van der Waals surface area contributed by atoms with E-state index >= 15 is 0 Å². The van der Waals surface area contributed by atoms with Gasteiger partial charge < -0.3 is 5.32 Å². The van der Waals surface area contributed by atoms with E-state index in [1.54, 1.807) is 6.07 Å². The van der Waals surface area contributed by atoms with Crippen LogP contribution in [0.5, 0.6) is 0 Å². The highest BCUT2D eigenvalue weighted by Gasteiger charge is 2.08. The molecular weight excluding hydrogens is 213 g/mol. The van der Waals surface area contributed by atoms with Crippen molar-refractivity contribution in [3.63, 3.8) is 0 Å². The van der Waals surface area contributed by atoms with E-state index in [1.807, 2.05) is 19.1 Å². The predicted molar refractivity (Wildman–Crippen MR) is 72.5 cm³/mol. The fraction of sp³-hybridized carbons (Fsp3) is 0.467. The van der Waals surface area contributed by atoms with E-state index in [0.29, 0.717) is 0 Å². The lowest BCUT2D eigenvalue weighted by Crippen LogP contribution is -2.36. The molecule has 0 fully saturated rings. The molecule has 0 radical (unpaired) electrons. The molecule has 0 atom stereocenters. The molecule has 1 aromatic rings. The van der Waals surface area contributed by atoms with Gasteiger partial charge in [0.15, 0.2) is 0 Å². The Morgan fingerprint density at radius 3 is 2.59 bits per heavy atom. The van der Waals surface area contributed by atoms with Crippen LogP contribution in [0.15, 0.2) is 23.8 Å². The number of aryl methyl sites for hydroxylation is 1. The van der Waals surface area contributed by atoms with Gasteiger partial charge in [0.05, 0.1) is 0 Å². The molecular formula is C15H22FN. The fourth-order valence-corrected chi connectivity index (χ4v) is 1.49. The minimum Gasteiger partial charge on any atom is -0.308 e. The second kappa shape index (κ2) is 5.46. The van der Waals surface area contributed by atoms with Crippen LogP contribution < -0.4 is 5.32 Å². The van der Waals surface area contributed by atoms with Gasteiger partial charge in [-0.25, -0.2) is 4.39 Å². The van der Waals surface area contributed by atoms with Gasteiger partial charge in [-0.1, -0.05) is 17.7 Å². The van der Waals surface area contributed by atoms with Crippen LogP contribution in [0, 0.1) is 12.7 Å². The van der Waals surface area contributed by atoms with E-state index in [9.17, 15) is 4.39 Å². The van der Waals surface area contributed by atoms with Crippen LogP contribution in [0.1, 0.15) is 38.8 Å². The first-order valence-corrected chi connectivity index (χ1v) is 5.96. The molecule has 0 saturated carbocycles. The quantitative estimate of drug-likeness (QED) is 0.837. The maximum atomic E-state index is 13.1. The Kier molecular flexibility index (Phi) is 4.47. The summed E-state index contributed by atoms with van der Waals surface area (Å²) in [5, 5.41) is 3.41. The van der Waals surface area contributed by atoms with E-state index in [2.05, 4.69) is 33.0 Å². The topological polar surface area (TPSA) is 12.0 Å². The number of nitrogens with one attached hydrogen (secondary N) is 1. The standard InChI is InChI=1S/C15H22FN/c1-11(10-17-15(3,4)5)8-13-9-14(16)7-6-12(13)2/h6-9,17H,10H2,1-5H3/b11-8-. The van der Waals surface area contributed by atoms with Gasteiger partial charge in [-0.15, -0.1) is 0 Å². The molecule has 1 aromatic carbocycles. The van der Waals surface area contributed by atoms with Crippen LogP contribution in [0.4, 0.5) is 4.39 Å². The molecule has 1 rings (SSSR count). The van der Waals surface area contributed by atoms with Crippen molar-refractivity contribution >= 4 is 6.08 Å². The molecule has 17 heavy (non-hydrogen) atoms. The summed E-state index contributed by atoms with van der Waals surface area (Å²) in [6.07, 6.45) is 2.04. The van der Waals surface area contributed by atoms with Crippen molar-refractivity contribution in [2.24, 2.45) is 0 Å². The minimum absolute atomic E-state index is 0.103. The van der Waals surface area contributed by atoms with Gasteiger partial charge in [-0.05, 0) is 57.9 Å². The zero-order chi connectivity index (χ0) is 13.1. The summed E-state index contributed by atoms with van der Waals surface area (Å²) in [4.78, 5) is 0. The average molecular weight is 235 g/mol. The smallest absolute Gasteiger partial charge is 0.123 e. The van der Waals surface area contributed by atoms with Crippen molar-refractivity contribution in [2.45, 2.75) is 40.2 Å². The lowest BCUT2D eigenvalue weighted by molar-refractivity contribution is 0.445. The molecule has 2 heteroatoms. The second-order valence-electron chi connectivity index (χ2n) is 5.60. The van der Waals surface area contributed by atoms with Crippen molar-refractivity contribution in [3.8, 4) is 0 Å². The third-order valence-electron chi connectivity index (χ3n) is 2.54. The zero-order valence-electron chi connectivity index (χ0n) is 11.4. The van der Waals surface area contributed by atoms with Gasteiger partial charge in [-0.2, -0.15) is 0 Å². The van der Waals surface area contributed by atoms with E-state index in [4.69, 9.17) is 0 Å². The molecule has 0 unspecified atom stereocenters. The first-order valence-electron chi connectivity index (χ1n) is 5.96. The number of rotatable bonds is 3. The average Bonchev–Trinajstić information content (AvgIpc) is 2.20. The Morgan fingerprint density at radius 2 is 2.00 bits per heavy atom. The van der Waals surface area contributed by atoms with Crippen molar-refractivity contribution in [3.05, 3.63) is 40.7 Å². The number of hydrogen-bond acceptors (Lipinski definition) is 1. The largest absolute Gasteiger partial charge is 0.308 e. The normalized spacial score (nSPS) is 12.9. The highest BCUT2D eigenvalue weighted by atomic mass is 19.1. The Balaban J connectivity index is 2.77. The number of benzene rings is 1. The molecule has 0 bridgehead atoms. The van der Waals surface area contributed by atoms with Gasteiger partial charge in [0, 0.05) is 12.1 Å². The van der Waals surface area contributed by atoms with Crippen LogP contribution in [-0.4, -0.2) is 12.1 Å². The summed E-state index contributed by atoms with van der Waals surface area (Å²) in [5.74, 6) is -0.182. The van der Waals surface area contributed by atoms with Crippen LogP contribution in [0.25, 0.3) is 6.08 Å². The molecule has 1 N–H and O–H groups in total. The third kappa shape index (κ3) is 5.14. The maximum absolute atomic E-state index is 13.1. The van der Waals surface area contributed by atoms with Gasteiger partial charge >= 0.3 is 0 Å². The SMILES string of the molecule is C/C(=C/c1cc(F)ccc1C)CNC(C)(C)C. The minimum atomic E-state index is -0.182. The first-order chi connectivity index (χ1) is 7.78. The lowest BCUT2D eigenvalue weighted by atomic mass is 10.0. The lowest BCUT2D eigenvalue weighted by Gasteiger charge is -2.20. The molecule has 0 saturated heterocycles. The molecule has 0 aliphatic rings. The van der Waals surface area contributed by atoms with Gasteiger partial charge in [0.25, 0.3) is 0 Å². The maximum Gasteiger partial charge on any atom is 0.123 e. The van der Waals surface area contributed by atoms with Crippen LogP contribution in [0.3, 0.4) is 0 Å². The molecule has 0 amide bonds. The summed E-state index contributed by atoms with van der Waals surface area (Å²) in [6.45, 7) is 11.3. The Labute approximate surface area is 104 Å². The van der Waals surface area contributed by atoms with Gasteiger partial charge in [0.2, 0.25) is 0 Å². The summed E-state index contributed by atoms with van der Waals surface area (Å²) in [7, 11) is 0. The van der Waals surface area contributed by atoms with Crippen molar-refractivity contribution < 1.29 is 4.39 Å². The predicted octanol–water partition coefficient (Wildman–Crippen LogP) is 3.93. The third-order valence-corrected chi connectivity index (χ3v) is 2.54. The summed E-state index contributed by atoms with van der Waals surface area (Å²) in [5.41, 5.74) is 3.36.